The number of carbonyl (C=O) groups excluding carboxylic acids is 4. The number of ether oxygens (including phenoxy) is 4. The number of carbonyl (C=O) groups is 4. The summed E-state index contributed by atoms with van der Waals surface area (Å²) < 4.78 is 20.9. The van der Waals surface area contributed by atoms with Crippen LogP contribution in [0.15, 0.2) is 73.1 Å². The highest BCUT2D eigenvalue weighted by Crippen LogP contribution is 2.40. The molecular formula is C50H56N8O8. The number of nitrogens with one attached hydrogen (secondary N) is 4. The molecule has 4 aliphatic rings. The third-order valence-corrected chi connectivity index (χ3v) is 14.3. The molecule has 1 unspecified atom stereocenters. The Hall–Kier alpha value is -6.52. The lowest BCUT2D eigenvalue weighted by Crippen LogP contribution is -2.53. The van der Waals surface area contributed by atoms with Crippen LogP contribution in [0.1, 0.15) is 75.1 Å². The number of imidazole rings is 2. The molecule has 0 spiro atoms. The Morgan fingerprint density at radius 3 is 1.41 bits per heavy atom. The van der Waals surface area contributed by atoms with Crippen molar-refractivity contribution in [2.75, 3.05) is 53.7 Å². The average molecular weight is 897 g/mol. The number of likely N-dealkylation sites (tertiary alicyclic amines) is 2. The molecule has 16 heteroatoms. The van der Waals surface area contributed by atoms with Crippen LogP contribution in [0.4, 0.5) is 9.59 Å². The lowest BCUT2D eigenvalue weighted by molar-refractivity contribution is -0.137. The number of hydrogen-bond acceptors (Lipinski definition) is 10. The quantitative estimate of drug-likeness (QED) is 0.0998. The van der Waals surface area contributed by atoms with Gasteiger partial charge in [0.25, 0.3) is 0 Å². The van der Waals surface area contributed by atoms with Gasteiger partial charge < -0.3 is 49.3 Å². The number of methoxy groups -OCH3 is 2. The van der Waals surface area contributed by atoms with Gasteiger partial charge in [-0.3, -0.25) is 9.59 Å². The van der Waals surface area contributed by atoms with Gasteiger partial charge in [0.15, 0.2) is 0 Å². The molecule has 0 saturated carbocycles. The molecule has 6 heterocycles. The van der Waals surface area contributed by atoms with E-state index in [1.807, 2.05) is 22.2 Å². The Kier molecular flexibility index (Phi) is 12.3. The van der Waals surface area contributed by atoms with Gasteiger partial charge in [-0.1, -0.05) is 48.5 Å². The zero-order valence-electron chi connectivity index (χ0n) is 37.3. The van der Waals surface area contributed by atoms with Crippen LogP contribution < -0.4 is 10.6 Å². The van der Waals surface area contributed by atoms with Gasteiger partial charge in [0.1, 0.15) is 23.7 Å². The summed E-state index contributed by atoms with van der Waals surface area (Å²) in [5.74, 6) is 1.12. The second kappa shape index (κ2) is 18.8. The molecule has 0 bridgehead atoms. The van der Waals surface area contributed by atoms with Crippen LogP contribution in [0.5, 0.6) is 0 Å². The third-order valence-electron chi connectivity index (χ3n) is 14.3. The standard InChI is InChI=1S/C50H56N8O8/c1-63-49(61)55-43(29-15-21-65-22-16-29)47(59)57-19-5-9-41(57)45-51-27-39(53-45)31-11-13-35-36-14-12-32(26-38(36)34-8-4-3-7-33(34)37(35)25-31)40-28-52-46(54-40)42-10-6-20-58(42)48(60)44(56-50(62)64-2)30-17-23-66-24-18-30/h3-4,7-8,11-14,25-30,41-44H,5-6,9-10,15-24H2,1-2H3,(H,51,53)(H,52,54)(H,55,61)(H,56,62)/t41-,42-,43-,44?/m0/s1. The van der Waals surface area contributed by atoms with Crippen molar-refractivity contribution in [3.8, 4) is 22.5 Å². The maximum Gasteiger partial charge on any atom is 0.407 e. The molecule has 2 aromatic heterocycles. The monoisotopic (exact) mass is 896 g/mol. The molecule has 4 fully saturated rings. The number of hydrogen-bond donors (Lipinski definition) is 4. The molecule has 4 saturated heterocycles. The van der Waals surface area contributed by atoms with Crippen LogP contribution in [0.2, 0.25) is 0 Å². The van der Waals surface area contributed by atoms with Crippen LogP contribution in [0.3, 0.4) is 0 Å². The fourth-order valence-corrected chi connectivity index (χ4v) is 10.8. The summed E-state index contributed by atoms with van der Waals surface area (Å²) in [5.41, 5.74) is 3.68. The molecule has 4 N–H and O–H groups in total. The average Bonchev–Trinajstić information content (AvgIpc) is 4.23. The molecule has 4 amide bonds. The maximum atomic E-state index is 14.2. The normalized spacial score (nSPS) is 20.5. The number of fused-ring (bicyclic) bond motifs is 6. The fraction of sp³-hybridized carbons (Fsp3) is 0.440. The number of alkyl carbamates (subject to hydrolysis) is 2. The Morgan fingerprint density at radius 2 is 1.00 bits per heavy atom. The first-order chi connectivity index (χ1) is 32.3. The van der Waals surface area contributed by atoms with E-state index in [9.17, 15) is 19.2 Å². The molecule has 10 rings (SSSR count). The predicted molar refractivity (Wildman–Crippen MR) is 247 cm³/mol. The number of H-pyrrole nitrogens is 2. The van der Waals surface area contributed by atoms with Crippen LogP contribution in [0, 0.1) is 11.8 Å². The number of aromatic amines is 2. The lowest BCUT2D eigenvalue weighted by atomic mass is 9.90. The minimum absolute atomic E-state index is 0.0420. The first kappa shape index (κ1) is 43.4. The Labute approximate surface area is 382 Å². The van der Waals surface area contributed by atoms with Crippen LogP contribution in [0.25, 0.3) is 54.8 Å². The number of amides is 4. The van der Waals surface area contributed by atoms with E-state index in [4.69, 9.17) is 28.9 Å². The number of benzene rings is 4. The van der Waals surface area contributed by atoms with Gasteiger partial charge in [-0.2, -0.15) is 0 Å². The number of rotatable bonds is 10. The summed E-state index contributed by atoms with van der Waals surface area (Å²) in [5, 5.41) is 12.4. The first-order valence-corrected chi connectivity index (χ1v) is 23.2. The van der Waals surface area contributed by atoms with Gasteiger partial charge in [-0.05, 0) is 108 Å². The van der Waals surface area contributed by atoms with Crippen molar-refractivity contribution in [1.29, 1.82) is 0 Å². The van der Waals surface area contributed by atoms with Crippen molar-refractivity contribution in [1.82, 2.24) is 40.4 Å². The largest absolute Gasteiger partial charge is 0.453 e. The smallest absolute Gasteiger partial charge is 0.407 e. The molecule has 0 radical (unpaired) electrons. The summed E-state index contributed by atoms with van der Waals surface area (Å²) in [4.78, 5) is 73.6. The second-order valence-corrected chi connectivity index (χ2v) is 17.9. The van der Waals surface area contributed by atoms with E-state index in [-0.39, 0.29) is 35.7 Å². The van der Waals surface area contributed by atoms with Crippen LogP contribution in [-0.2, 0) is 28.5 Å². The zero-order valence-corrected chi connectivity index (χ0v) is 37.3. The summed E-state index contributed by atoms with van der Waals surface area (Å²) in [6, 6.07) is 19.6. The Morgan fingerprint density at radius 1 is 0.591 bits per heavy atom. The van der Waals surface area contributed by atoms with Gasteiger partial charge in [0.05, 0.1) is 50.1 Å². The van der Waals surface area contributed by atoms with E-state index < -0.39 is 24.3 Å². The highest BCUT2D eigenvalue weighted by molar-refractivity contribution is 6.26. The molecule has 6 aromatic rings. The summed E-state index contributed by atoms with van der Waals surface area (Å²) in [6.07, 6.45) is 8.39. The van der Waals surface area contributed by atoms with Crippen molar-refractivity contribution in [2.24, 2.45) is 11.8 Å². The van der Waals surface area contributed by atoms with Gasteiger partial charge >= 0.3 is 12.2 Å². The molecule has 4 atom stereocenters. The van der Waals surface area contributed by atoms with E-state index >= 15 is 0 Å². The Bertz CT molecular complexity index is 2570. The van der Waals surface area contributed by atoms with Gasteiger partial charge in [-0.25, -0.2) is 19.6 Å². The first-order valence-electron chi connectivity index (χ1n) is 23.2. The van der Waals surface area contributed by atoms with Gasteiger partial charge in [0.2, 0.25) is 11.8 Å². The molecule has 66 heavy (non-hydrogen) atoms. The van der Waals surface area contributed by atoms with Crippen molar-refractivity contribution in [3.05, 3.63) is 84.7 Å². The van der Waals surface area contributed by atoms with E-state index in [0.29, 0.717) is 65.2 Å². The van der Waals surface area contributed by atoms with Crippen molar-refractivity contribution in [2.45, 2.75) is 75.5 Å². The highest BCUT2D eigenvalue weighted by atomic mass is 16.5. The van der Waals surface area contributed by atoms with Crippen molar-refractivity contribution >= 4 is 56.3 Å². The molecular weight excluding hydrogens is 841 g/mol. The SMILES string of the molecule is COC(=O)NC(C(=O)N1CCC[C@H]1c1ncc(-c2ccc3c4ccc(-c5cnc([C@@H]6CCCN6C(=O)[C@@H](NC(=O)OC)C6CCOCC6)[nH]5)cc4c4ccccc4c3c2)[nH]1)C1CCOCC1. The minimum atomic E-state index is -0.701. The Balaban J connectivity index is 0.913. The number of aromatic nitrogens is 4. The molecule has 344 valence electrons. The van der Waals surface area contributed by atoms with E-state index in [1.165, 1.54) is 14.2 Å². The maximum absolute atomic E-state index is 14.2. The third kappa shape index (κ3) is 8.32. The topological polar surface area (TPSA) is 193 Å². The summed E-state index contributed by atoms with van der Waals surface area (Å²) in [6.45, 7) is 3.37. The van der Waals surface area contributed by atoms with E-state index in [2.05, 4.69) is 81.3 Å². The van der Waals surface area contributed by atoms with E-state index in [0.717, 1.165) is 92.2 Å². The molecule has 4 aliphatic heterocycles. The van der Waals surface area contributed by atoms with Gasteiger partial charge in [0, 0.05) is 50.6 Å². The fourth-order valence-electron chi connectivity index (χ4n) is 10.8. The second-order valence-electron chi connectivity index (χ2n) is 17.9. The predicted octanol–water partition coefficient (Wildman–Crippen LogP) is 7.56. The van der Waals surface area contributed by atoms with E-state index in [1.54, 1.807) is 0 Å². The summed E-state index contributed by atoms with van der Waals surface area (Å²) >= 11 is 0. The number of nitrogens with zero attached hydrogens (tertiary/aromatic N) is 4. The zero-order chi connectivity index (χ0) is 45.3. The lowest BCUT2D eigenvalue weighted by Gasteiger charge is -2.34. The molecule has 16 nitrogen and oxygen atoms in total. The molecule has 0 aliphatic carbocycles. The molecule has 4 aromatic carbocycles. The van der Waals surface area contributed by atoms with Crippen molar-refractivity contribution < 1.29 is 38.1 Å². The van der Waals surface area contributed by atoms with Crippen LogP contribution in [-0.4, -0.2) is 120 Å². The minimum Gasteiger partial charge on any atom is -0.453 e. The summed E-state index contributed by atoms with van der Waals surface area (Å²) in [7, 11) is 2.62. The van der Waals surface area contributed by atoms with Crippen LogP contribution >= 0.6 is 0 Å². The van der Waals surface area contributed by atoms with Crippen molar-refractivity contribution in [3.63, 3.8) is 0 Å². The van der Waals surface area contributed by atoms with Gasteiger partial charge in [-0.15, -0.1) is 0 Å². The highest BCUT2D eigenvalue weighted by Gasteiger charge is 2.42.